The molecule has 0 bridgehead atoms. The number of amides is 1. The number of nitro benzene ring substituents is 1. The van der Waals surface area contributed by atoms with Gasteiger partial charge in [0.25, 0.3) is 5.69 Å². The van der Waals surface area contributed by atoms with Crippen molar-refractivity contribution in [3.63, 3.8) is 0 Å². The van der Waals surface area contributed by atoms with Crippen LogP contribution in [-0.4, -0.2) is 26.1 Å². The molecule has 2 aromatic carbocycles. The molecule has 28 heavy (non-hydrogen) atoms. The third-order valence-electron chi connectivity index (χ3n) is 3.86. The van der Waals surface area contributed by atoms with Crippen molar-refractivity contribution in [1.82, 2.24) is 9.55 Å². The molecule has 0 saturated heterocycles. The number of hydrogen-bond acceptors (Lipinski definition) is 5. The maximum Gasteiger partial charge on any atom is 0.271 e. The number of benzene rings is 2. The Morgan fingerprint density at radius 3 is 2.64 bits per heavy atom. The van der Waals surface area contributed by atoms with Gasteiger partial charge in [-0.15, -0.1) is 0 Å². The average Bonchev–Trinajstić information content (AvgIpc) is 3.09. The Labute approximate surface area is 164 Å². The van der Waals surface area contributed by atoms with Crippen LogP contribution in [0, 0.1) is 29.8 Å². The Balaban J connectivity index is 1.70. The molecule has 7 nitrogen and oxygen atoms in total. The lowest BCUT2D eigenvalue weighted by molar-refractivity contribution is -0.384. The number of rotatable bonds is 6. The summed E-state index contributed by atoms with van der Waals surface area (Å²) in [5.74, 6) is -1.25. The molecule has 144 valence electrons. The predicted molar refractivity (Wildman–Crippen MR) is 105 cm³/mol. The number of thioether (sulfide) groups is 1. The summed E-state index contributed by atoms with van der Waals surface area (Å²) in [7, 11) is 0. The van der Waals surface area contributed by atoms with E-state index in [-0.39, 0.29) is 17.1 Å². The molecule has 1 heterocycles. The molecule has 0 fully saturated rings. The highest BCUT2D eigenvalue weighted by Gasteiger charge is 2.14. The van der Waals surface area contributed by atoms with Crippen LogP contribution in [0.3, 0.4) is 0 Å². The van der Waals surface area contributed by atoms with Crippen LogP contribution in [0.25, 0.3) is 5.69 Å². The third kappa shape index (κ3) is 4.55. The zero-order valence-electron chi connectivity index (χ0n) is 15.2. The average molecular weight is 400 g/mol. The van der Waals surface area contributed by atoms with Gasteiger partial charge in [-0.1, -0.05) is 17.8 Å². The van der Waals surface area contributed by atoms with Crippen LogP contribution in [0.5, 0.6) is 0 Å². The Hall–Kier alpha value is -3.20. The lowest BCUT2D eigenvalue weighted by atomic mass is 10.1. The second kappa shape index (κ2) is 8.22. The minimum Gasteiger partial charge on any atom is -0.323 e. The molecule has 0 aliphatic rings. The molecule has 0 radical (unpaired) electrons. The molecule has 3 rings (SSSR count). The van der Waals surface area contributed by atoms with Crippen molar-refractivity contribution in [3.8, 4) is 5.69 Å². The van der Waals surface area contributed by atoms with Crippen molar-refractivity contribution < 1.29 is 14.1 Å². The summed E-state index contributed by atoms with van der Waals surface area (Å²) in [6.45, 7) is 4.00. The van der Waals surface area contributed by atoms with Crippen molar-refractivity contribution in [1.29, 1.82) is 0 Å². The number of carbonyl (C=O) groups excluding carboxylic acids is 1. The zero-order chi connectivity index (χ0) is 20.3. The van der Waals surface area contributed by atoms with E-state index in [2.05, 4.69) is 16.4 Å². The number of aromatic nitrogens is 2. The molecule has 9 heteroatoms. The lowest BCUT2D eigenvalue weighted by Crippen LogP contribution is -2.15. The minimum atomic E-state index is -0.735. The number of nitrogens with one attached hydrogen (secondary N) is 1. The molecular formula is C19H17FN4O3S. The first-order chi connectivity index (χ1) is 13.3. The van der Waals surface area contributed by atoms with Crippen LogP contribution >= 0.6 is 11.8 Å². The quantitative estimate of drug-likeness (QED) is 0.379. The molecule has 1 N–H and O–H groups in total. The van der Waals surface area contributed by atoms with E-state index in [1.165, 1.54) is 11.8 Å². The van der Waals surface area contributed by atoms with Crippen LogP contribution in [0.4, 0.5) is 15.8 Å². The van der Waals surface area contributed by atoms with E-state index >= 15 is 0 Å². The van der Waals surface area contributed by atoms with Crippen LogP contribution in [0.1, 0.15) is 11.1 Å². The first kappa shape index (κ1) is 19.6. The van der Waals surface area contributed by atoms with Gasteiger partial charge in [0.05, 0.1) is 16.4 Å². The van der Waals surface area contributed by atoms with Gasteiger partial charge < -0.3 is 5.32 Å². The van der Waals surface area contributed by atoms with E-state index < -0.39 is 16.6 Å². The van der Waals surface area contributed by atoms with E-state index in [1.54, 1.807) is 12.4 Å². The fourth-order valence-corrected chi connectivity index (χ4v) is 3.49. The normalized spacial score (nSPS) is 10.7. The maximum absolute atomic E-state index is 13.8. The van der Waals surface area contributed by atoms with Gasteiger partial charge in [0, 0.05) is 30.2 Å². The van der Waals surface area contributed by atoms with Crippen LogP contribution in [-0.2, 0) is 4.79 Å². The highest BCUT2D eigenvalue weighted by Crippen LogP contribution is 2.24. The number of imidazole rings is 1. The number of aryl methyl sites for hydroxylation is 2. The predicted octanol–water partition coefficient (Wildman–Crippen LogP) is 4.27. The first-order valence-electron chi connectivity index (χ1n) is 8.32. The summed E-state index contributed by atoms with van der Waals surface area (Å²) in [5, 5.41) is 13.8. The van der Waals surface area contributed by atoms with Crippen LogP contribution in [0.2, 0.25) is 0 Å². The fourth-order valence-electron chi connectivity index (χ4n) is 2.72. The summed E-state index contributed by atoms with van der Waals surface area (Å²) < 4.78 is 15.7. The van der Waals surface area contributed by atoms with E-state index in [0.717, 1.165) is 35.0 Å². The van der Waals surface area contributed by atoms with Crippen molar-refractivity contribution in [2.75, 3.05) is 11.1 Å². The van der Waals surface area contributed by atoms with Gasteiger partial charge in [0.15, 0.2) is 5.16 Å². The van der Waals surface area contributed by atoms with Gasteiger partial charge in [-0.3, -0.25) is 19.5 Å². The second-order valence-electron chi connectivity index (χ2n) is 6.18. The highest BCUT2D eigenvalue weighted by atomic mass is 32.2. The molecule has 1 amide bonds. The van der Waals surface area contributed by atoms with Crippen LogP contribution < -0.4 is 5.32 Å². The highest BCUT2D eigenvalue weighted by molar-refractivity contribution is 7.99. The second-order valence-corrected chi connectivity index (χ2v) is 7.13. The summed E-state index contributed by atoms with van der Waals surface area (Å²) >= 11 is 1.19. The van der Waals surface area contributed by atoms with Gasteiger partial charge in [0.1, 0.15) is 5.82 Å². The van der Waals surface area contributed by atoms with Gasteiger partial charge in [-0.2, -0.15) is 0 Å². The molecule has 0 spiro atoms. The SMILES string of the molecule is Cc1cc(C)cc(-n2ccnc2SCC(=O)Nc2cc([N+](=O)[O-])ccc2F)c1. The minimum absolute atomic E-state index is 0.0239. The monoisotopic (exact) mass is 400 g/mol. The Kier molecular flexibility index (Phi) is 5.74. The smallest absolute Gasteiger partial charge is 0.271 e. The number of non-ortho nitro benzene ring substituents is 1. The molecule has 0 atom stereocenters. The first-order valence-corrected chi connectivity index (χ1v) is 9.30. The molecule has 0 saturated carbocycles. The molecule has 0 aliphatic heterocycles. The Morgan fingerprint density at radius 2 is 1.96 bits per heavy atom. The topological polar surface area (TPSA) is 90.1 Å². The van der Waals surface area contributed by atoms with E-state index in [9.17, 15) is 19.3 Å². The molecular weight excluding hydrogens is 383 g/mol. The molecule has 0 unspecified atom stereocenters. The number of hydrogen-bond donors (Lipinski definition) is 1. The summed E-state index contributed by atoms with van der Waals surface area (Å²) in [5.41, 5.74) is 2.63. The molecule has 3 aromatic rings. The third-order valence-corrected chi connectivity index (χ3v) is 4.83. The van der Waals surface area contributed by atoms with E-state index in [0.29, 0.717) is 5.16 Å². The van der Waals surface area contributed by atoms with E-state index in [4.69, 9.17) is 0 Å². The number of anilines is 1. The number of nitrogens with zero attached hydrogens (tertiary/aromatic N) is 3. The summed E-state index contributed by atoms with van der Waals surface area (Å²) in [6.07, 6.45) is 3.44. The summed E-state index contributed by atoms with van der Waals surface area (Å²) in [4.78, 5) is 26.6. The standard InChI is InChI=1S/C19H17FN4O3S/c1-12-7-13(2)9-15(8-12)23-6-5-21-19(23)28-11-18(25)22-17-10-14(24(26)27)3-4-16(17)20/h3-10H,11H2,1-2H3,(H,22,25). The zero-order valence-corrected chi connectivity index (χ0v) is 16.0. The van der Waals surface area contributed by atoms with Crippen molar-refractivity contribution >= 4 is 29.0 Å². The number of nitro groups is 1. The Bertz CT molecular complexity index is 1030. The van der Waals surface area contributed by atoms with Gasteiger partial charge >= 0.3 is 0 Å². The lowest BCUT2D eigenvalue weighted by Gasteiger charge is -2.10. The van der Waals surface area contributed by atoms with Crippen LogP contribution in [0.15, 0.2) is 53.9 Å². The van der Waals surface area contributed by atoms with Gasteiger partial charge in [0.2, 0.25) is 5.91 Å². The largest absolute Gasteiger partial charge is 0.323 e. The molecule has 0 aliphatic carbocycles. The van der Waals surface area contributed by atoms with Gasteiger partial charge in [-0.25, -0.2) is 9.37 Å². The van der Waals surface area contributed by atoms with Gasteiger partial charge in [-0.05, 0) is 43.2 Å². The van der Waals surface area contributed by atoms with E-state index in [1.807, 2.05) is 30.5 Å². The fraction of sp³-hybridized carbons (Fsp3) is 0.158. The summed E-state index contributed by atoms with van der Waals surface area (Å²) in [6, 6.07) is 9.07. The maximum atomic E-state index is 13.8. The Morgan fingerprint density at radius 1 is 1.25 bits per heavy atom. The van der Waals surface area contributed by atoms with Crippen molar-refractivity contribution in [2.45, 2.75) is 19.0 Å². The van der Waals surface area contributed by atoms with Crippen molar-refractivity contribution in [3.05, 3.63) is 75.9 Å². The number of carbonyl (C=O) groups is 1. The van der Waals surface area contributed by atoms with Crippen molar-refractivity contribution in [2.24, 2.45) is 0 Å². The molecule has 1 aromatic heterocycles. The number of halogens is 1.